The summed E-state index contributed by atoms with van der Waals surface area (Å²) < 4.78 is 5.30. The Morgan fingerprint density at radius 2 is 2.18 bits per heavy atom. The van der Waals surface area contributed by atoms with Gasteiger partial charge in [0.05, 0.1) is 5.02 Å². The Bertz CT molecular complexity index is 419. The van der Waals surface area contributed by atoms with E-state index in [0.717, 1.165) is 6.54 Å². The van der Waals surface area contributed by atoms with Crippen molar-refractivity contribution in [1.29, 1.82) is 0 Å². The molecule has 92 valence electrons. The second-order valence-electron chi connectivity index (χ2n) is 4.11. The fraction of sp³-hybridized carbons (Fsp3) is 0.417. The fourth-order valence-electron chi connectivity index (χ4n) is 1.36. The van der Waals surface area contributed by atoms with E-state index < -0.39 is 0 Å². The Labute approximate surface area is 110 Å². The lowest BCUT2D eigenvalue weighted by Crippen LogP contribution is -2.30. The van der Waals surface area contributed by atoms with Gasteiger partial charge in [0.15, 0.2) is 6.61 Å². The van der Waals surface area contributed by atoms with E-state index in [-0.39, 0.29) is 12.5 Å². The van der Waals surface area contributed by atoms with Gasteiger partial charge in [0.25, 0.3) is 5.91 Å². The summed E-state index contributed by atoms with van der Waals surface area (Å²) in [7, 11) is 0. The van der Waals surface area contributed by atoms with Gasteiger partial charge in [-0.05, 0) is 30.9 Å². The third kappa shape index (κ3) is 4.10. The molecule has 0 aromatic heterocycles. The van der Waals surface area contributed by atoms with Crippen molar-refractivity contribution < 1.29 is 9.53 Å². The normalized spacial score (nSPS) is 14.5. The molecular weight excluding hydrogens is 261 g/mol. The van der Waals surface area contributed by atoms with E-state index in [1.807, 2.05) is 0 Å². The summed E-state index contributed by atoms with van der Waals surface area (Å²) in [5, 5.41) is 3.79. The minimum absolute atomic E-state index is 0.0349. The number of benzene rings is 1. The first-order valence-corrected chi connectivity index (χ1v) is 6.25. The first-order valence-electron chi connectivity index (χ1n) is 5.49. The Morgan fingerprint density at radius 1 is 1.41 bits per heavy atom. The smallest absolute Gasteiger partial charge is 0.257 e. The first-order chi connectivity index (χ1) is 8.15. The van der Waals surface area contributed by atoms with E-state index in [9.17, 15) is 4.79 Å². The Kier molecular flexibility index (Phi) is 4.13. The van der Waals surface area contributed by atoms with E-state index in [0.29, 0.717) is 21.7 Å². The first kappa shape index (κ1) is 12.5. The zero-order valence-electron chi connectivity index (χ0n) is 9.21. The van der Waals surface area contributed by atoms with Gasteiger partial charge in [-0.25, -0.2) is 0 Å². The summed E-state index contributed by atoms with van der Waals surface area (Å²) >= 11 is 11.7. The number of ether oxygens (including phenoxy) is 1. The van der Waals surface area contributed by atoms with Crippen LogP contribution in [0.5, 0.6) is 5.75 Å². The molecule has 1 fully saturated rings. The molecule has 0 unspecified atom stereocenters. The number of hydrogen-bond acceptors (Lipinski definition) is 2. The zero-order chi connectivity index (χ0) is 12.3. The minimum Gasteiger partial charge on any atom is -0.482 e. The van der Waals surface area contributed by atoms with Crippen LogP contribution in [-0.4, -0.2) is 19.1 Å². The standard InChI is InChI=1S/C12H13Cl2NO2/c13-9-3-4-10(14)11(5-9)17-7-12(16)15-6-8-1-2-8/h3-5,8H,1-2,6-7H2,(H,15,16). The van der Waals surface area contributed by atoms with Crippen LogP contribution in [0.25, 0.3) is 0 Å². The largest absolute Gasteiger partial charge is 0.482 e. The number of rotatable bonds is 5. The van der Waals surface area contributed by atoms with Gasteiger partial charge in [0.2, 0.25) is 0 Å². The summed E-state index contributed by atoms with van der Waals surface area (Å²) in [6.07, 6.45) is 2.42. The molecule has 1 aromatic rings. The topological polar surface area (TPSA) is 38.3 Å². The van der Waals surface area contributed by atoms with Crippen LogP contribution in [0.3, 0.4) is 0 Å². The van der Waals surface area contributed by atoms with Crippen molar-refractivity contribution in [2.45, 2.75) is 12.8 Å². The van der Waals surface area contributed by atoms with Gasteiger partial charge in [-0.3, -0.25) is 4.79 Å². The second-order valence-corrected chi connectivity index (χ2v) is 4.95. The van der Waals surface area contributed by atoms with Crippen LogP contribution in [0.1, 0.15) is 12.8 Å². The molecule has 1 aliphatic rings. The molecule has 17 heavy (non-hydrogen) atoms. The molecule has 0 heterocycles. The number of nitrogens with one attached hydrogen (secondary N) is 1. The summed E-state index contributed by atoms with van der Waals surface area (Å²) in [5.74, 6) is 0.961. The third-order valence-corrected chi connectivity index (χ3v) is 3.08. The lowest BCUT2D eigenvalue weighted by Gasteiger charge is -2.08. The number of amides is 1. The van der Waals surface area contributed by atoms with E-state index in [1.165, 1.54) is 12.8 Å². The maximum atomic E-state index is 11.4. The van der Waals surface area contributed by atoms with Gasteiger partial charge in [0.1, 0.15) is 5.75 Å². The van der Waals surface area contributed by atoms with Crippen molar-refractivity contribution in [3.63, 3.8) is 0 Å². The van der Waals surface area contributed by atoms with Crippen LogP contribution in [0.4, 0.5) is 0 Å². The second kappa shape index (κ2) is 5.61. The zero-order valence-corrected chi connectivity index (χ0v) is 10.7. The van der Waals surface area contributed by atoms with Crippen molar-refractivity contribution in [3.8, 4) is 5.75 Å². The highest BCUT2D eigenvalue weighted by atomic mass is 35.5. The van der Waals surface area contributed by atoms with Crippen LogP contribution in [0.2, 0.25) is 10.0 Å². The molecule has 0 radical (unpaired) electrons. The van der Waals surface area contributed by atoms with E-state index in [2.05, 4.69) is 5.32 Å². The maximum Gasteiger partial charge on any atom is 0.257 e. The quantitative estimate of drug-likeness (QED) is 0.896. The molecule has 1 N–H and O–H groups in total. The van der Waals surface area contributed by atoms with Crippen molar-refractivity contribution in [2.75, 3.05) is 13.2 Å². The molecule has 1 saturated carbocycles. The molecule has 1 amide bonds. The SMILES string of the molecule is O=C(COc1cc(Cl)ccc1Cl)NCC1CC1. The Balaban J connectivity index is 1.79. The molecule has 1 aromatic carbocycles. The molecular formula is C12H13Cl2NO2. The van der Waals surface area contributed by atoms with Crippen molar-refractivity contribution >= 4 is 29.1 Å². The number of carbonyl (C=O) groups is 1. The molecule has 3 nitrogen and oxygen atoms in total. The van der Waals surface area contributed by atoms with E-state index in [1.54, 1.807) is 18.2 Å². The predicted octanol–water partition coefficient (Wildman–Crippen LogP) is 2.90. The molecule has 1 aliphatic carbocycles. The van der Waals surface area contributed by atoms with Gasteiger partial charge in [-0.1, -0.05) is 23.2 Å². The summed E-state index contributed by atoms with van der Waals surface area (Å²) in [6.45, 7) is 0.707. The molecule has 0 bridgehead atoms. The molecule has 0 atom stereocenters. The average Bonchev–Trinajstić information content (AvgIpc) is 3.11. The monoisotopic (exact) mass is 273 g/mol. The van der Waals surface area contributed by atoms with Gasteiger partial charge in [0, 0.05) is 17.6 Å². The molecule has 0 spiro atoms. The summed E-state index contributed by atoms with van der Waals surface area (Å²) in [5.41, 5.74) is 0. The maximum absolute atomic E-state index is 11.4. The predicted molar refractivity (Wildman–Crippen MR) is 67.7 cm³/mol. The van der Waals surface area contributed by atoms with Gasteiger partial charge in [-0.15, -0.1) is 0 Å². The van der Waals surface area contributed by atoms with Crippen LogP contribution in [-0.2, 0) is 4.79 Å². The number of carbonyl (C=O) groups excluding carboxylic acids is 1. The summed E-state index contributed by atoms with van der Waals surface area (Å²) in [6, 6.07) is 4.91. The van der Waals surface area contributed by atoms with Crippen LogP contribution in [0, 0.1) is 5.92 Å². The van der Waals surface area contributed by atoms with Gasteiger partial charge < -0.3 is 10.1 Å². The lowest BCUT2D eigenvalue weighted by molar-refractivity contribution is -0.123. The van der Waals surface area contributed by atoms with Crippen molar-refractivity contribution in [2.24, 2.45) is 5.92 Å². The van der Waals surface area contributed by atoms with Crippen molar-refractivity contribution in [3.05, 3.63) is 28.2 Å². The van der Waals surface area contributed by atoms with Crippen LogP contribution < -0.4 is 10.1 Å². The summed E-state index contributed by atoms with van der Waals surface area (Å²) in [4.78, 5) is 11.4. The van der Waals surface area contributed by atoms with Crippen LogP contribution >= 0.6 is 23.2 Å². The molecule has 0 saturated heterocycles. The fourth-order valence-corrected chi connectivity index (χ4v) is 1.70. The average molecular weight is 274 g/mol. The minimum atomic E-state index is -0.132. The highest BCUT2D eigenvalue weighted by molar-refractivity contribution is 6.34. The highest BCUT2D eigenvalue weighted by Gasteiger charge is 2.21. The lowest BCUT2D eigenvalue weighted by atomic mass is 10.3. The number of hydrogen-bond donors (Lipinski definition) is 1. The van der Waals surface area contributed by atoms with Crippen molar-refractivity contribution in [1.82, 2.24) is 5.32 Å². The van der Waals surface area contributed by atoms with Crippen LogP contribution in [0.15, 0.2) is 18.2 Å². The third-order valence-electron chi connectivity index (χ3n) is 2.54. The van der Waals surface area contributed by atoms with Gasteiger partial charge >= 0.3 is 0 Å². The molecule has 5 heteroatoms. The number of halogens is 2. The Hall–Kier alpha value is -0.930. The van der Waals surface area contributed by atoms with E-state index in [4.69, 9.17) is 27.9 Å². The van der Waals surface area contributed by atoms with E-state index >= 15 is 0 Å². The molecule has 0 aliphatic heterocycles. The highest BCUT2D eigenvalue weighted by Crippen LogP contribution is 2.28. The molecule has 2 rings (SSSR count). The van der Waals surface area contributed by atoms with Gasteiger partial charge in [-0.2, -0.15) is 0 Å². The Morgan fingerprint density at radius 3 is 2.88 bits per heavy atom.